The van der Waals surface area contributed by atoms with Crippen molar-refractivity contribution in [2.75, 3.05) is 26.7 Å². The van der Waals surface area contributed by atoms with Gasteiger partial charge in [-0.2, -0.15) is 0 Å². The van der Waals surface area contributed by atoms with Crippen LogP contribution < -0.4 is 10.6 Å². The van der Waals surface area contributed by atoms with E-state index in [0.29, 0.717) is 6.42 Å². The smallest absolute Gasteiger partial charge is 0.242 e. The Labute approximate surface area is 142 Å². The number of sulfonamides is 1. The molecule has 0 bridgehead atoms. The molecular weight excluding hydrogens is 333 g/mol. The minimum Gasteiger partial charge on any atom is -0.352 e. The van der Waals surface area contributed by atoms with Crippen molar-refractivity contribution in [2.24, 2.45) is 0 Å². The predicted molar refractivity (Wildman–Crippen MR) is 89.5 cm³/mol. The van der Waals surface area contributed by atoms with Crippen LogP contribution in [0.15, 0.2) is 29.2 Å². The maximum Gasteiger partial charge on any atom is 0.242 e. The average molecular weight is 357 g/mol. The number of carbonyl (C=O) groups excluding carboxylic acids is 1. The summed E-state index contributed by atoms with van der Waals surface area (Å²) < 4.78 is 38.8. The highest BCUT2D eigenvalue weighted by Gasteiger charge is 2.21. The number of amides is 1. The number of nitrogens with one attached hydrogen (secondary N) is 2. The fourth-order valence-corrected chi connectivity index (χ4v) is 3.85. The fraction of sp³-hybridized carbons (Fsp3) is 0.562. The highest BCUT2D eigenvalue weighted by molar-refractivity contribution is 7.89. The molecule has 6 nitrogen and oxygen atoms in total. The largest absolute Gasteiger partial charge is 0.352 e. The molecule has 0 spiro atoms. The average Bonchev–Trinajstić information content (AvgIpc) is 2.56. The van der Waals surface area contributed by atoms with Crippen molar-refractivity contribution < 1.29 is 17.6 Å². The van der Waals surface area contributed by atoms with Crippen LogP contribution in [0.4, 0.5) is 4.39 Å². The van der Waals surface area contributed by atoms with Crippen LogP contribution in [0.3, 0.4) is 0 Å². The van der Waals surface area contributed by atoms with E-state index in [1.165, 1.54) is 23.5 Å². The van der Waals surface area contributed by atoms with Crippen molar-refractivity contribution in [1.82, 2.24) is 14.9 Å². The van der Waals surface area contributed by atoms with Gasteiger partial charge >= 0.3 is 0 Å². The third kappa shape index (κ3) is 5.25. The van der Waals surface area contributed by atoms with E-state index in [9.17, 15) is 17.6 Å². The summed E-state index contributed by atoms with van der Waals surface area (Å²) in [4.78, 5) is 11.9. The number of nitrogens with zero attached hydrogens (tertiary/aromatic N) is 1. The first kappa shape index (κ1) is 18.8. The maximum absolute atomic E-state index is 12.9. The van der Waals surface area contributed by atoms with Gasteiger partial charge in [0.15, 0.2) is 0 Å². The van der Waals surface area contributed by atoms with Gasteiger partial charge in [-0.3, -0.25) is 4.79 Å². The molecule has 0 aromatic heterocycles. The molecule has 134 valence electrons. The second-order valence-corrected chi connectivity index (χ2v) is 8.04. The Morgan fingerprint density at radius 3 is 2.71 bits per heavy atom. The quantitative estimate of drug-likeness (QED) is 0.766. The molecule has 2 rings (SSSR count). The number of piperidine rings is 1. The first-order chi connectivity index (χ1) is 11.4. The number of rotatable bonds is 7. The Hall–Kier alpha value is -1.51. The number of hydrogen-bond acceptors (Lipinski definition) is 4. The number of carbonyl (C=O) groups is 1. The molecule has 24 heavy (non-hydrogen) atoms. The topological polar surface area (TPSA) is 78.5 Å². The molecule has 1 aromatic carbocycles. The molecule has 0 saturated carbocycles. The van der Waals surface area contributed by atoms with E-state index < -0.39 is 15.8 Å². The maximum atomic E-state index is 12.9. The van der Waals surface area contributed by atoms with Gasteiger partial charge in [-0.1, -0.05) is 0 Å². The molecule has 1 aliphatic rings. The fourth-order valence-electron chi connectivity index (χ4n) is 2.64. The Morgan fingerprint density at radius 1 is 1.38 bits per heavy atom. The molecule has 1 aliphatic heterocycles. The summed E-state index contributed by atoms with van der Waals surface area (Å²) in [7, 11) is -2.20. The highest BCUT2D eigenvalue weighted by Crippen LogP contribution is 2.15. The Kier molecular flexibility index (Phi) is 6.70. The van der Waals surface area contributed by atoms with Gasteiger partial charge in [0.25, 0.3) is 0 Å². The molecule has 1 aromatic rings. The van der Waals surface area contributed by atoms with E-state index in [1.54, 1.807) is 0 Å². The van der Waals surface area contributed by atoms with Crippen LogP contribution in [-0.4, -0.2) is 51.4 Å². The van der Waals surface area contributed by atoms with Crippen LogP contribution in [-0.2, 0) is 14.8 Å². The van der Waals surface area contributed by atoms with Crippen LogP contribution in [0.25, 0.3) is 0 Å². The van der Waals surface area contributed by atoms with Crippen LogP contribution in [0.1, 0.15) is 25.7 Å². The van der Waals surface area contributed by atoms with Crippen molar-refractivity contribution in [3.63, 3.8) is 0 Å². The zero-order valence-electron chi connectivity index (χ0n) is 13.8. The van der Waals surface area contributed by atoms with Crippen LogP contribution in [0.2, 0.25) is 0 Å². The van der Waals surface area contributed by atoms with Crippen molar-refractivity contribution in [3.05, 3.63) is 30.1 Å². The van der Waals surface area contributed by atoms with Gasteiger partial charge in [-0.25, -0.2) is 17.1 Å². The van der Waals surface area contributed by atoms with E-state index in [1.807, 2.05) is 0 Å². The predicted octanol–water partition coefficient (Wildman–Crippen LogP) is 1.09. The molecule has 0 radical (unpaired) electrons. The summed E-state index contributed by atoms with van der Waals surface area (Å²) in [6.45, 7) is 2.00. The number of halogens is 1. The van der Waals surface area contributed by atoms with Gasteiger partial charge in [0.1, 0.15) is 5.82 Å². The lowest BCUT2D eigenvalue weighted by atomic mass is 10.1. The molecule has 1 atom stereocenters. The second-order valence-electron chi connectivity index (χ2n) is 5.99. The first-order valence-corrected chi connectivity index (χ1v) is 9.55. The molecule has 1 heterocycles. The standard InChI is InChI=1S/C16H24FN3O3S/c1-20(24(22,23)15-8-6-13(17)7-9-15)11-3-5-16(21)19-14-4-2-10-18-12-14/h6-9,14,18H,2-5,10-12H2,1H3,(H,19,21). The van der Waals surface area contributed by atoms with Crippen molar-refractivity contribution in [2.45, 2.75) is 36.6 Å². The lowest BCUT2D eigenvalue weighted by molar-refractivity contribution is -0.122. The summed E-state index contributed by atoms with van der Waals surface area (Å²) in [5.74, 6) is -0.540. The molecule has 1 amide bonds. The second kappa shape index (κ2) is 8.55. The van der Waals surface area contributed by atoms with Crippen LogP contribution in [0.5, 0.6) is 0 Å². The summed E-state index contributed by atoms with van der Waals surface area (Å²) in [5.41, 5.74) is 0. The van der Waals surface area contributed by atoms with E-state index in [2.05, 4.69) is 10.6 Å². The molecule has 1 unspecified atom stereocenters. The Morgan fingerprint density at radius 2 is 2.08 bits per heavy atom. The van der Waals surface area contributed by atoms with Crippen molar-refractivity contribution in [3.8, 4) is 0 Å². The lowest BCUT2D eigenvalue weighted by Crippen LogP contribution is -2.45. The molecule has 2 N–H and O–H groups in total. The normalized spacial score (nSPS) is 18.5. The van der Waals surface area contributed by atoms with E-state index in [-0.39, 0.29) is 29.8 Å². The summed E-state index contributed by atoms with van der Waals surface area (Å²) in [6.07, 6.45) is 2.73. The highest BCUT2D eigenvalue weighted by atomic mass is 32.2. The monoisotopic (exact) mass is 357 g/mol. The number of benzene rings is 1. The SMILES string of the molecule is CN(CCCC(=O)NC1CCCNC1)S(=O)(=O)c1ccc(F)cc1. The van der Waals surface area contributed by atoms with Crippen LogP contribution in [0, 0.1) is 5.82 Å². The van der Waals surface area contributed by atoms with Gasteiger partial charge in [-0.15, -0.1) is 0 Å². The summed E-state index contributed by atoms with van der Waals surface area (Å²) in [6, 6.07) is 4.87. The zero-order valence-corrected chi connectivity index (χ0v) is 14.6. The van der Waals surface area contributed by atoms with Crippen molar-refractivity contribution >= 4 is 15.9 Å². The van der Waals surface area contributed by atoms with Crippen molar-refractivity contribution in [1.29, 1.82) is 0 Å². The molecule has 1 fully saturated rings. The minimum absolute atomic E-state index is 0.0455. The van der Waals surface area contributed by atoms with Gasteiger partial charge in [0, 0.05) is 32.6 Å². The molecule has 8 heteroatoms. The first-order valence-electron chi connectivity index (χ1n) is 8.11. The van der Waals surface area contributed by atoms with E-state index >= 15 is 0 Å². The zero-order chi connectivity index (χ0) is 17.6. The third-order valence-electron chi connectivity index (χ3n) is 4.06. The molecule has 0 aliphatic carbocycles. The van der Waals surface area contributed by atoms with Gasteiger partial charge < -0.3 is 10.6 Å². The number of hydrogen-bond donors (Lipinski definition) is 2. The van der Waals surface area contributed by atoms with E-state index in [0.717, 1.165) is 38.1 Å². The summed E-state index contributed by atoms with van der Waals surface area (Å²) >= 11 is 0. The van der Waals surface area contributed by atoms with E-state index in [4.69, 9.17) is 0 Å². The third-order valence-corrected chi connectivity index (χ3v) is 5.93. The minimum atomic E-state index is -3.66. The molecule has 1 saturated heterocycles. The van der Waals surface area contributed by atoms with Gasteiger partial charge in [0.05, 0.1) is 4.90 Å². The van der Waals surface area contributed by atoms with Crippen LogP contribution >= 0.6 is 0 Å². The Balaban J connectivity index is 1.78. The van der Waals surface area contributed by atoms with Gasteiger partial charge in [-0.05, 0) is 50.1 Å². The Bertz CT molecular complexity index is 643. The van der Waals surface area contributed by atoms with Gasteiger partial charge in [0.2, 0.25) is 15.9 Å². The summed E-state index contributed by atoms with van der Waals surface area (Å²) in [5, 5.41) is 6.19. The molecular formula is C16H24FN3O3S. The lowest BCUT2D eigenvalue weighted by Gasteiger charge is -2.24.